The molecule has 36 nitrogen and oxygen atoms in total. The number of carbonyl (C=O) groups is 6. The van der Waals surface area contributed by atoms with Gasteiger partial charge in [0.2, 0.25) is 17.7 Å². The molecule has 0 aromatic heterocycles. The van der Waals surface area contributed by atoms with Crippen molar-refractivity contribution in [3.63, 3.8) is 0 Å². The van der Waals surface area contributed by atoms with E-state index in [0.717, 1.165) is 13.8 Å². The van der Waals surface area contributed by atoms with Gasteiger partial charge in [0.15, 0.2) is 61.6 Å². The Morgan fingerprint density at radius 2 is 1.16 bits per heavy atom. The summed E-state index contributed by atoms with van der Waals surface area (Å²) in [6.07, 6.45) is -49.9. The van der Waals surface area contributed by atoms with Crippen LogP contribution in [-0.2, 0) is 80.4 Å². The lowest BCUT2D eigenvalue weighted by Crippen LogP contribution is -2.71. The number of hydrogen-bond acceptors (Lipinski definition) is 29. The van der Waals surface area contributed by atoms with Gasteiger partial charge in [0.05, 0.1) is 19.3 Å². The third-order valence-corrected chi connectivity index (χ3v) is 13.4. The fourth-order valence-electron chi connectivity index (χ4n) is 9.15. The van der Waals surface area contributed by atoms with Crippen LogP contribution >= 0.6 is 7.82 Å². The van der Waals surface area contributed by atoms with Crippen molar-refractivity contribution in [3.8, 4) is 0 Å². The largest absolute Gasteiger partial charge is 0.510 e. The molecular weight excluding hydrogens is 1080 g/mol. The minimum Gasteiger partial charge on any atom is -0.510 e. The highest BCUT2D eigenvalue weighted by molar-refractivity contribution is 7.46. The van der Waals surface area contributed by atoms with Crippen molar-refractivity contribution in [2.75, 3.05) is 13.2 Å². The summed E-state index contributed by atoms with van der Waals surface area (Å²) in [6.45, 7) is 1.14. The number of phosphoric ester groups is 1. The van der Waals surface area contributed by atoms with Crippen LogP contribution in [0, 0.1) is 0 Å². The van der Waals surface area contributed by atoms with E-state index in [2.05, 4.69) is 20.5 Å². The number of aliphatic hydroxyl groups is 11. The quantitative estimate of drug-likeness (QED) is 0.0567. The second-order valence-corrected chi connectivity index (χ2v) is 19.7. The Kier molecular flexibility index (Phi) is 20.5. The maximum absolute atomic E-state index is 13.2. The van der Waals surface area contributed by atoms with Crippen LogP contribution in [0.4, 0.5) is 4.79 Å². The maximum Gasteiger partial charge on any atom is 0.472 e. The summed E-state index contributed by atoms with van der Waals surface area (Å²) in [5, 5.41) is 126. The monoisotopic (exact) mass is 1140 g/mol. The van der Waals surface area contributed by atoms with Gasteiger partial charge in [0.1, 0.15) is 103 Å². The Hall–Kier alpha value is -4.29. The van der Waals surface area contributed by atoms with Gasteiger partial charge in [-0.3, -0.25) is 28.5 Å². The summed E-state index contributed by atoms with van der Waals surface area (Å²) >= 11 is 0. The number of nitrogens with two attached hydrogens (primary N) is 2. The molecule has 0 bridgehead atoms. The van der Waals surface area contributed by atoms with Gasteiger partial charge in [0.25, 0.3) is 5.91 Å². The molecule has 5 aliphatic heterocycles. The van der Waals surface area contributed by atoms with Crippen LogP contribution in [0.2, 0.25) is 0 Å². The van der Waals surface area contributed by atoms with Crippen molar-refractivity contribution < 1.29 is 151 Å². The van der Waals surface area contributed by atoms with Crippen molar-refractivity contribution in [2.24, 2.45) is 11.5 Å². The molecule has 0 aromatic carbocycles. The molecule has 438 valence electrons. The predicted octanol–water partition coefficient (Wildman–Crippen LogP) is -10.6. The van der Waals surface area contributed by atoms with E-state index in [4.69, 9.17) is 58.8 Å². The van der Waals surface area contributed by atoms with Gasteiger partial charge in [-0.15, -0.1) is 0 Å². The normalized spacial score (nSPS) is 42.8. The summed E-state index contributed by atoms with van der Waals surface area (Å²) in [5.41, 5.74) is 10.00. The molecule has 5 saturated heterocycles. The second kappa shape index (κ2) is 25.4. The first-order chi connectivity index (χ1) is 35.9. The lowest BCUT2D eigenvalue weighted by Gasteiger charge is -2.50. The molecule has 0 spiro atoms. The molecule has 0 unspecified atom stereocenters. The van der Waals surface area contributed by atoms with Gasteiger partial charge in [-0.1, -0.05) is 0 Å². The highest BCUT2D eigenvalue weighted by Gasteiger charge is 2.59. The molecule has 0 radical (unpaired) electrons. The molecule has 6 aliphatic rings. The number of ketones is 1. The van der Waals surface area contributed by atoms with Gasteiger partial charge in [-0.25, -0.2) is 9.36 Å². The minimum absolute atomic E-state index is 0.111. The Labute approximate surface area is 433 Å². The standard InChI is InChI=1S/C40H62N5O31P/c1-8-27(70-38-25(58)22(55)23(56)31(73-38)34(61)45-15-11(49)4-5-12(15)50)19(52)16(43-9(2)47)35(67-8)71-28-14(7-66-37-24(57)21(54)18(51)13(6-46)68-37)69-36(17(20(28)53)44-10(3)48)74-32-29(75-40(42)62)26(59)30(33(41)60)72-39(32)76-77(63,64)65/h8,13-14,16-32,35-39,46,49,51-59H,4-7H2,1-3H3,(H2,41,60)(H2,42,62)(H,43,47)(H,44,48)(H,45,61)(H2,63,64,65)/t8-,13+,14-,16-,17-,18+,19-,20-,21-,22-,23-,24+,25+,26-,27+,28-,29+,30+,31-,32-,35+,36+,37-,38-,39+/m1/s1. The smallest absolute Gasteiger partial charge is 0.472 e. The molecule has 0 saturated carbocycles. The molecule has 1 aliphatic carbocycles. The van der Waals surface area contributed by atoms with Gasteiger partial charge in [-0.2, -0.15) is 0 Å². The minimum atomic E-state index is -5.72. The number of carbonyl (C=O) groups excluding carboxylic acids is 6. The maximum atomic E-state index is 13.2. The van der Waals surface area contributed by atoms with E-state index in [9.17, 15) is 99.3 Å². The molecule has 5 amide bonds. The number of allylic oxidation sites excluding steroid dienone is 2. The van der Waals surface area contributed by atoms with Crippen LogP contribution in [0.3, 0.4) is 0 Å². The van der Waals surface area contributed by atoms with Crippen molar-refractivity contribution in [1.29, 1.82) is 0 Å². The van der Waals surface area contributed by atoms with E-state index in [0.29, 0.717) is 0 Å². The summed E-state index contributed by atoms with van der Waals surface area (Å²) in [5.74, 6) is -5.80. The number of Topliss-reactive ketones (excluding diaryl/α,β-unsaturated/α-hetero) is 1. The van der Waals surface area contributed by atoms with Gasteiger partial charge in [-0.05, 0) is 6.92 Å². The lowest BCUT2D eigenvalue weighted by atomic mass is 9.93. The molecule has 25 atom stereocenters. The molecule has 6 rings (SSSR count). The molecule has 37 heteroatoms. The lowest BCUT2D eigenvalue weighted by molar-refractivity contribution is -0.370. The molecule has 5 fully saturated rings. The van der Waals surface area contributed by atoms with Crippen LogP contribution in [0.5, 0.6) is 0 Å². The fraction of sp³-hybridized carbons (Fsp3) is 0.800. The topological polar surface area (TPSA) is 572 Å². The van der Waals surface area contributed by atoms with Gasteiger partial charge in [0, 0.05) is 26.7 Å². The zero-order valence-corrected chi connectivity index (χ0v) is 41.4. The van der Waals surface area contributed by atoms with Crippen molar-refractivity contribution in [1.82, 2.24) is 16.0 Å². The van der Waals surface area contributed by atoms with Gasteiger partial charge < -0.3 is 141 Å². The van der Waals surface area contributed by atoms with Crippen molar-refractivity contribution >= 4 is 43.3 Å². The molecule has 0 aromatic rings. The summed E-state index contributed by atoms with van der Waals surface area (Å²) in [6, 6.07) is -3.85. The van der Waals surface area contributed by atoms with E-state index in [-0.39, 0.29) is 12.8 Å². The number of hydrogen-bond donors (Lipinski definition) is 18. The molecule has 5 heterocycles. The highest BCUT2D eigenvalue weighted by atomic mass is 31.2. The van der Waals surface area contributed by atoms with Crippen LogP contribution in [-0.4, -0.2) is 268 Å². The number of aliphatic hydroxyl groups excluding tert-OH is 11. The summed E-state index contributed by atoms with van der Waals surface area (Å²) < 4.78 is 73.8. The van der Waals surface area contributed by atoms with E-state index in [1.807, 2.05) is 0 Å². The van der Waals surface area contributed by atoms with Crippen molar-refractivity contribution in [3.05, 3.63) is 11.5 Å². The van der Waals surface area contributed by atoms with Gasteiger partial charge >= 0.3 is 13.9 Å². The first kappa shape index (κ1) is 61.9. The Morgan fingerprint density at radius 1 is 0.623 bits per heavy atom. The summed E-state index contributed by atoms with van der Waals surface area (Å²) in [4.78, 5) is 95.0. The zero-order valence-electron chi connectivity index (χ0n) is 40.5. The number of nitrogens with one attached hydrogen (secondary N) is 3. The van der Waals surface area contributed by atoms with Crippen LogP contribution < -0.4 is 27.4 Å². The van der Waals surface area contributed by atoms with E-state index < -0.39 is 221 Å². The second-order valence-electron chi connectivity index (χ2n) is 18.5. The Bertz CT molecular complexity index is 2230. The van der Waals surface area contributed by atoms with Crippen molar-refractivity contribution in [2.45, 2.75) is 187 Å². The summed E-state index contributed by atoms with van der Waals surface area (Å²) in [7, 11) is -5.72. The molecule has 77 heavy (non-hydrogen) atoms. The number of rotatable bonds is 18. The third-order valence-electron chi connectivity index (χ3n) is 12.9. The van der Waals surface area contributed by atoms with Crippen LogP contribution in [0.1, 0.15) is 33.6 Å². The number of primary amides is 2. The molecular formula is C40H62N5O31P. The van der Waals surface area contributed by atoms with E-state index in [1.165, 1.54) is 6.92 Å². The van der Waals surface area contributed by atoms with Crippen LogP contribution in [0.15, 0.2) is 11.5 Å². The van der Waals surface area contributed by atoms with E-state index in [1.54, 1.807) is 0 Å². The zero-order chi connectivity index (χ0) is 57.3. The number of amides is 5. The predicted molar refractivity (Wildman–Crippen MR) is 235 cm³/mol. The highest BCUT2D eigenvalue weighted by Crippen LogP contribution is 2.43. The third kappa shape index (κ3) is 14.2. The van der Waals surface area contributed by atoms with Crippen LogP contribution in [0.25, 0.3) is 0 Å². The first-order valence-corrected chi connectivity index (χ1v) is 24.9. The number of ether oxygens (including phenoxy) is 10. The number of phosphoric acid groups is 1. The van der Waals surface area contributed by atoms with E-state index >= 15 is 0 Å². The Morgan fingerprint density at radius 3 is 1.70 bits per heavy atom. The first-order valence-electron chi connectivity index (χ1n) is 23.3. The SMILES string of the molecule is CC(=O)N[C@H]1[C@H](O[C@H]2[C@H](O)[C@@H](NC(C)=O)[C@H](O[C@H]3[C@H](OP(=O)(O)O)O[C@H](C(N)=O)[C@H](O)[C@@H]3OC(N)=O)O[C@@H]2CO[C@@H]2O[C@@H](CO)[C@H](O)[C@@H](O)[C@@H]2O)O[C@H](C)[C@H](O[C@@H]2O[C@@H](C(=O)NC3=C(O)CCC3=O)[C@H](O)[C@@H](O)[C@@H]2O)[C@@H]1O. The fourth-order valence-corrected chi connectivity index (χ4v) is 9.59. The average Bonchev–Trinajstić information content (AvgIpc) is 3.65. The Balaban J connectivity index is 1.33. The molecule has 20 N–H and O–H groups in total. The average molecular weight is 1140 g/mol.